The standard InChI is InChI=1S/C20H19N3O7/c1-29-13-5-7-14(8-6-13)30-12-10-21-17(24)9-11-22-19(25)15-3-2-4-16(23(27)28)18(15)20(22)26/h2-8H,9-12H2,1H3,(H,21,24). The van der Waals surface area contributed by atoms with Crippen LogP contribution >= 0.6 is 0 Å². The van der Waals surface area contributed by atoms with Crippen molar-refractivity contribution >= 4 is 23.4 Å². The zero-order valence-electron chi connectivity index (χ0n) is 16.1. The van der Waals surface area contributed by atoms with Crippen LogP contribution in [0, 0.1) is 10.1 Å². The molecule has 156 valence electrons. The van der Waals surface area contributed by atoms with Gasteiger partial charge in [-0.25, -0.2) is 0 Å². The second-order valence-electron chi connectivity index (χ2n) is 6.34. The Balaban J connectivity index is 1.46. The fourth-order valence-corrected chi connectivity index (χ4v) is 3.00. The third-order valence-corrected chi connectivity index (χ3v) is 4.49. The van der Waals surface area contributed by atoms with Gasteiger partial charge in [0.05, 0.1) is 24.1 Å². The summed E-state index contributed by atoms with van der Waals surface area (Å²) in [6, 6.07) is 10.9. The lowest BCUT2D eigenvalue weighted by atomic mass is 10.1. The highest BCUT2D eigenvalue weighted by atomic mass is 16.6. The van der Waals surface area contributed by atoms with Gasteiger partial charge in [-0.3, -0.25) is 29.4 Å². The molecule has 0 aliphatic carbocycles. The van der Waals surface area contributed by atoms with E-state index in [-0.39, 0.29) is 43.2 Å². The first-order chi connectivity index (χ1) is 14.4. The molecule has 0 saturated carbocycles. The molecular formula is C20H19N3O7. The van der Waals surface area contributed by atoms with E-state index in [9.17, 15) is 24.5 Å². The molecule has 10 heteroatoms. The molecule has 0 spiro atoms. The van der Waals surface area contributed by atoms with Crippen LogP contribution in [0.1, 0.15) is 27.1 Å². The number of nitrogens with zero attached hydrogens (tertiary/aromatic N) is 2. The lowest BCUT2D eigenvalue weighted by Gasteiger charge is -2.13. The number of rotatable bonds is 9. The van der Waals surface area contributed by atoms with Gasteiger partial charge in [0.2, 0.25) is 5.91 Å². The molecule has 1 N–H and O–H groups in total. The van der Waals surface area contributed by atoms with Crippen molar-refractivity contribution in [3.8, 4) is 11.5 Å². The van der Waals surface area contributed by atoms with Crippen LogP contribution in [-0.2, 0) is 4.79 Å². The molecule has 1 aliphatic rings. The third-order valence-electron chi connectivity index (χ3n) is 4.49. The molecule has 3 amide bonds. The Hall–Kier alpha value is -3.95. The maximum absolute atomic E-state index is 12.4. The number of nitro benzene ring substituents is 1. The van der Waals surface area contributed by atoms with Gasteiger partial charge in [-0.15, -0.1) is 0 Å². The van der Waals surface area contributed by atoms with Crippen LogP contribution in [0.3, 0.4) is 0 Å². The van der Waals surface area contributed by atoms with Gasteiger partial charge in [-0.05, 0) is 30.3 Å². The van der Waals surface area contributed by atoms with Crippen molar-refractivity contribution in [3.63, 3.8) is 0 Å². The maximum Gasteiger partial charge on any atom is 0.282 e. The molecule has 0 bridgehead atoms. The number of nitro groups is 1. The van der Waals surface area contributed by atoms with Crippen molar-refractivity contribution in [1.82, 2.24) is 10.2 Å². The van der Waals surface area contributed by atoms with E-state index in [1.807, 2.05) is 0 Å². The zero-order chi connectivity index (χ0) is 21.7. The van der Waals surface area contributed by atoms with Gasteiger partial charge in [-0.1, -0.05) is 6.07 Å². The largest absolute Gasteiger partial charge is 0.497 e. The predicted molar refractivity (Wildman–Crippen MR) is 105 cm³/mol. The topological polar surface area (TPSA) is 128 Å². The molecule has 2 aromatic carbocycles. The van der Waals surface area contributed by atoms with E-state index in [2.05, 4.69) is 5.32 Å². The zero-order valence-corrected chi connectivity index (χ0v) is 16.1. The highest BCUT2D eigenvalue weighted by molar-refractivity contribution is 6.23. The first-order valence-corrected chi connectivity index (χ1v) is 9.09. The number of hydrogen-bond donors (Lipinski definition) is 1. The Labute approximate surface area is 171 Å². The minimum Gasteiger partial charge on any atom is -0.497 e. The third kappa shape index (κ3) is 4.37. The van der Waals surface area contributed by atoms with Gasteiger partial charge in [0.1, 0.15) is 23.7 Å². The molecule has 2 aromatic rings. The molecule has 30 heavy (non-hydrogen) atoms. The first kappa shape index (κ1) is 20.8. The number of benzene rings is 2. The molecule has 10 nitrogen and oxygen atoms in total. The SMILES string of the molecule is COc1ccc(OCCNC(=O)CCN2C(=O)c3cccc([N+](=O)[O-])c3C2=O)cc1. The van der Waals surface area contributed by atoms with Gasteiger partial charge in [0.15, 0.2) is 0 Å². The number of amides is 3. The second kappa shape index (κ2) is 9.03. The van der Waals surface area contributed by atoms with Crippen LogP contribution in [0.25, 0.3) is 0 Å². The quantitative estimate of drug-likeness (QED) is 0.287. The molecule has 1 heterocycles. The lowest BCUT2D eigenvalue weighted by Crippen LogP contribution is -2.35. The number of fused-ring (bicyclic) bond motifs is 1. The maximum atomic E-state index is 12.4. The Morgan fingerprint density at radius 3 is 2.47 bits per heavy atom. The average Bonchev–Trinajstić information content (AvgIpc) is 3.00. The van der Waals surface area contributed by atoms with Crippen molar-refractivity contribution in [2.75, 3.05) is 26.8 Å². The number of carbonyl (C=O) groups excluding carboxylic acids is 3. The second-order valence-corrected chi connectivity index (χ2v) is 6.34. The lowest BCUT2D eigenvalue weighted by molar-refractivity contribution is -0.385. The Bertz CT molecular complexity index is 988. The van der Waals surface area contributed by atoms with E-state index >= 15 is 0 Å². The van der Waals surface area contributed by atoms with Crippen LogP contribution in [0.15, 0.2) is 42.5 Å². The van der Waals surface area contributed by atoms with Gasteiger partial charge < -0.3 is 14.8 Å². The number of ether oxygens (including phenoxy) is 2. The van der Waals surface area contributed by atoms with Crippen molar-refractivity contribution in [1.29, 1.82) is 0 Å². The first-order valence-electron chi connectivity index (χ1n) is 9.09. The number of carbonyl (C=O) groups is 3. The van der Waals surface area contributed by atoms with E-state index < -0.39 is 22.4 Å². The summed E-state index contributed by atoms with van der Waals surface area (Å²) >= 11 is 0. The molecule has 0 aromatic heterocycles. The molecule has 0 fully saturated rings. The van der Waals surface area contributed by atoms with Gasteiger partial charge in [-0.2, -0.15) is 0 Å². The molecular weight excluding hydrogens is 394 g/mol. The van der Waals surface area contributed by atoms with Gasteiger partial charge in [0.25, 0.3) is 17.5 Å². The van der Waals surface area contributed by atoms with Crippen LogP contribution < -0.4 is 14.8 Å². The summed E-state index contributed by atoms with van der Waals surface area (Å²) in [5.41, 5.74) is -0.684. The minimum absolute atomic E-state index is 0.0255. The summed E-state index contributed by atoms with van der Waals surface area (Å²) in [5.74, 6) is -0.460. The normalized spacial score (nSPS) is 12.5. The van der Waals surface area contributed by atoms with Crippen LogP contribution in [0.5, 0.6) is 11.5 Å². The van der Waals surface area contributed by atoms with Crippen molar-refractivity contribution < 1.29 is 28.8 Å². The summed E-state index contributed by atoms with van der Waals surface area (Å²) in [6.07, 6.45) is -0.123. The summed E-state index contributed by atoms with van der Waals surface area (Å²) in [6.45, 7) is 0.296. The van der Waals surface area contributed by atoms with E-state index in [4.69, 9.17) is 9.47 Å². The average molecular weight is 413 g/mol. The number of methoxy groups -OCH3 is 1. The molecule has 0 atom stereocenters. The van der Waals surface area contributed by atoms with Crippen molar-refractivity contribution in [3.05, 3.63) is 63.7 Å². The molecule has 0 saturated heterocycles. The van der Waals surface area contributed by atoms with Crippen LogP contribution in [0.4, 0.5) is 5.69 Å². The summed E-state index contributed by atoms with van der Waals surface area (Å²) < 4.78 is 10.5. The minimum atomic E-state index is -0.766. The van der Waals surface area contributed by atoms with Crippen molar-refractivity contribution in [2.24, 2.45) is 0 Å². The highest BCUT2D eigenvalue weighted by Crippen LogP contribution is 2.30. The fourth-order valence-electron chi connectivity index (χ4n) is 3.00. The van der Waals surface area contributed by atoms with Gasteiger partial charge in [0, 0.05) is 19.0 Å². The molecule has 3 rings (SSSR count). The summed E-state index contributed by atoms with van der Waals surface area (Å²) in [7, 11) is 1.56. The van der Waals surface area contributed by atoms with E-state index in [1.54, 1.807) is 31.4 Å². The van der Waals surface area contributed by atoms with Gasteiger partial charge >= 0.3 is 0 Å². The molecule has 0 unspecified atom stereocenters. The summed E-state index contributed by atoms with van der Waals surface area (Å²) in [5, 5.41) is 13.7. The fraction of sp³-hybridized carbons (Fsp3) is 0.250. The Morgan fingerprint density at radius 2 is 1.80 bits per heavy atom. The number of hydrogen-bond acceptors (Lipinski definition) is 7. The smallest absolute Gasteiger partial charge is 0.282 e. The highest BCUT2D eigenvalue weighted by Gasteiger charge is 2.40. The van der Waals surface area contributed by atoms with E-state index in [0.29, 0.717) is 11.5 Å². The van der Waals surface area contributed by atoms with Crippen molar-refractivity contribution in [2.45, 2.75) is 6.42 Å². The molecule has 0 radical (unpaired) electrons. The number of imide groups is 1. The van der Waals surface area contributed by atoms with Crippen LogP contribution in [0.2, 0.25) is 0 Å². The van der Waals surface area contributed by atoms with E-state index in [1.165, 1.54) is 18.2 Å². The Kier molecular flexibility index (Phi) is 6.26. The predicted octanol–water partition coefficient (Wildman–Crippen LogP) is 1.78. The van der Waals surface area contributed by atoms with Crippen LogP contribution in [-0.4, -0.2) is 54.4 Å². The molecule has 1 aliphatic heterocycles. The Morgan fingerprint density at radius 1 is 1.10 bits per heavy atom. The summed E-state index contributed by atoms with van der Waals surface area (Å²) in [4.78, 5) is 48.1. The number of nitrogens with one attached hydrogen (secondary N) is 1. The monoisotopic (exact) mass is 413 g/mol. The van der Waals surface area contributed by atoms with E-state index in [0.717, 1.165) is 4.90 Å².